The van der Waals surface area contributed by atoms with Crippen molar-refractivity contribution in [3.05, 3.63) is 30.0 Å². The molecule has 2 aromatic rings. The summed E-state index contributed by atoms with van der Waals surface area (Å²) in [7, 11) is 1.65. The largest absolute Gasteiger partial charge is 0.493 e. The molecule has 5 nitrogen and oxygen atoms in total. The number of ether oxygens (including phenoxy) is 2. The van der Waals surface area contributed by atoms with E-state index in [0.29, 0.717) is 6.54 Å². The standard InChI is InChI=1S/C13H17N3O2S/c1-9(2)18-11-5-4-10(6-12(11)17-3)7-14-13-8-15-16-19-13/h4-6,8-9,14H,7H2,1-3H3. The molecule has 1 aromatic carbocycles. The van der Waals surface area contributed by atoms with Crippen LogP contribution < -0.4 is 14.8 Å². The number of hydrogen-bond acceptors (Lipinski definition) is 6. The number of benzene rings is 1. The second kappa shape index (κ2) is 6.38. The molecule has 0 aliphatic carbocycles. The average molecular weight is 279 g/mol. The monoisotopic (exact) mass is 279 g/mol. The maximum atomic E-state index is 5.68. The summed E-state index contributed by atoms with van der Waals surface area (Å²) in [6.45, 7) is 4.68. The molecule has 0 radical (unpaired) electrons. The summed E-state index contributed by atoms with van der Waals surface area (Å²) >= 11 is 1.34. The van der Waals surface area contributed by atoms with Crippen LogP contribution in [0.2, 0.25) is 0 Å². The predicted molar refractivity (Wildman–Crippen MR) is 76.0 cm³/mol. The van der Waals surface area contributed by atoms with E-state index in [0.717, 1.165) is 22.1 Å². The number of nitrogens with zero attached hydrogens (tertiary/aromatic N) is 2. The van der Waals surface area contributed by atoms with Gasteiger partial charge in [0.1, 0.15) is 5.00 Å². The summed E-state index contributed by atoms with van der Waals surface area (Å²) in [6.07, 6.45) is 1.83. The fourth-order valence-corrected chi connectivity index (χ4v) is 2.02. The van der Waals surface area contributed by atoms with Gasteiger partial charge in [-0.05, 0) is 31.5 Å². The molecule has 0 aliphatic heterocycles. The summed E-state index contributed by atoms with van der Waals surface area (Å²) in [5.41, 5.74) is 1.11. The SMILES string of the molecule is COc1cc(CNc2cnns2)ccc1OC(C)C. The van der Waals surface area contributed by atoms with Crippen LogP contribution in [0.15, 0.2) is 24.4 Å². The third kappa shape index (κ3) is 3.82. The molecule has 0 unspecified atom stereocenters. The number of nitrogens with one attached hydrogen (secondary N) is 1. The third-order valence-electron chi connectivity index (χ3n) is 2.42. The van der Waals surface area contributed by atoms with Crippen LogP contribution in [0.5, 0.6) is 11.5 Å². The Morgan fingerprint density at radius 1 is 1.32 bits per heavy atom. The Balaban J connectivity index is 2.05. The Morgan fingerprint density at radius 3 is 2.79 bits per heavy atom. The topological polar surface area (TPSA) is 56.3 Å². The van der Waals surface area contributed by atoms with Crippen molar-refractivity contribution in [2.45, 2.75) is 26.5 Å². The average Bonchev–Trinajstić information content (AvgIpc) is 2.90. The van der Waals surface area contributed by atoms with Gasteiger partial charge in [-0.15, -0.1) is 5.10 Å². The van der Waals surface area contributed by atoms with Gasteiger partial charge >= 0.3 is 0 Å². The van der Waals surface area contributed by atoms with Crippen molar-refractivity contribution in [2.24, 2.45) is 0 Å². The fraction of sp³-hybridized carbons (Fsp3) is 0.385. The fourth-order valence-electron chi connectivity index (χ4n) is 1.61. The Bertz CT molecular complexity index is 515. The van der Waals surface area contributed by atoms with Gasteiger partial charge in [0, 0.05) is 18.1 Å². The summed E-state index contributed by atoms with van der Waals surface area (Å²) < 4.78 is 14.8. The summed E-state index contributed by atoms with van der Waals surface area (Å²) in [5.74, 6) is 1.51. The zero-order valence-electron chi connectivity index (χ0n) is 11.2. The third-order valence-corrected chi connectivity index (χ3v) is 3.04. The van der Waals surface area contributed by atoms with Crippen molar-refractivity contribution < 1.29 is 9.47 Å². The Kier molecular flexibility index (Phi) is 4.57. The van der Waals surface area contributed by atoms with E-state index in [1.54, 1.807) is 13.3 Å². The van der Waals surface area contributed by atoms with Crippen LogP contribution in [0.1, 0.15) is 19.4 Å². The van der Waals surface area contributed by atoms with Crippen LogP contribution in [-0.2, 0) is 6.54 Å². The van der Waals surface area contributed by atoms with Crippen LogP contribution in [0.25, 0.3) is 0 Å². The van der Waals surface area contributed by atoms with E-state index < -0.39 is 0 Å². The minimum atomic E-state index is 0.126. The highest BCUT2D eigenvalue weighted by Crippen LogP contribution is 2.29. The lowest BCUT2D eigenvalue weighted by Gasteiger charge is -2.14. The van der Waals surface area contributed by atoms with Crippen LogP contribution in [0.3, 0.4) is 0 Å². The normalized spacial score (nSPS) is 10.5. The zero-order chi connectivity index (χ0) is 13.7. The van der Waals surface area contributed by atoms with Crippen molar-refractivity contribution in [3.8, 4) is 11.5 Å². The Hall–Kier alpha value is -1.82. The van der Waals surface area contributed by atoms with E-state index in [2.05, 4.69) is 14.9 Å². The zero-order valence-corrected chi connectivity index (χ0v) is 12.0. The first-order valence-electron chi connectivity index (χ1n) is 6.04. The van der Waals surface area contributed by atoms with E-state index in [4.69, 9.17) is 9.47 Å². The smallest absolute Gasteiger partial charge is 0.161 e. The molecule has 0 spiro atoms. The van der Waals surface area contributed by atoms with E-state index in [-0.39, 0.29) is 6.10 Å². The number of methoxy groups -OCH3 is 1. The van der Waals surface area contributed by atoms with Crippen LogP contribution in [0.4, 0.5) is 5.00 Å². The minimum Gasteiger partial charge on any atom is -0.493 e. The molecule has 19 heavy (non-hydrogen) atoms. The van der Waals surface area contributed by atoms with Gasteiger partial charge in [0.15, 0.2) is 11.5 Å². The van der Waals surface area contributed by atoms with Crippen molar-refractivity contribution in [3.63, 3.8) is 0 Å². The van der Waals surface area contributed by atoms with Crippen molar-refractivity contribution in [2.75, 3.05) is 12.4 Å². The second-order valence-corrected chi connectivity index (χ2v) is 5.07. The summed E-state index contributed by atoms with van der Waals surface area (Å²) in [4.78, 5) is 0. The van der Waals surface area contributed by atoms with Crippen LogP contribution in [0, 0.1) is 0 Å². The van der Waals surface area contributed by atoms with Gasteiger partial charge < -0.3 is 14.8 Å². The maximum absolute atomic E-state index is 5.68. The first kappa shape index (κ1) is 13.6. The molecule has 0 saturated carbocycles. The lowest BCUT2D eigenvalue weighted by Crippen LogP contribution is -2.07. The van der Waals surface area contributed by atoms with Crippen molar-refractivity contribution in [1.82, 2.24) is 9.59 Å². The molecule has 2 rings (SSSR count). The highest BCUT2D eigenvalue weighted by molar-refractivity contribution is 7.09. The second-order valence-electron chi connectivity index (χ2n) is 4.29. The van der Waals surface area contributed by atoms with Gasteiger partial charge in [-0.25, -0.2) is 0 Å². The maximum Gasteiger partial charge on any atom is 0.161 e. The number of rotatable bonds is 6. The highest BCUT2D eigenvalue weighted by atomic mass is 32.1. The van der Waals surface area contributed by atoms with Gasteiger partial charge in [0.05, 0.1) is 19.4 Å². The molecule has 1 heterocycles. The van der Waals surface area contributed by atoms with Crippen molar-refractivity contribution in [1.29, 1.82) is 0 Å². The van der Waals surface area contributed by atoms with E-state index in [9.17, 15) is 0 Å². The Morgan fingerprint density at radius 2 is 2.16 bits per heavy atom. The quantitative estimate of drug-likeness (QED) is 0.881. The predicted octanol–water partition coefficient (Wildman–Crippen LogP) is 2.95. The molecule has 0 saturated heterocycles. The number of anilines is 1. The molecule has 1 N–H and O–H groups in total. The highest BCUT2D eigenvalue weighted by Gasteiger charge is 2.07. The van der Waals surface area contributed by atoms with E-state index in [1.807, 2.05) is 32.0 Å². The lowest BCUT2D eigenvalue weighted by molar-refractivity contribution is 0.230. The summed E-state index contributed by atoms with van der Waals surface area (Å²) in [5, 5.41) is 7.97. The first-order chi connectivity index (χ1) is 9.19. The molecule has 0 aliphatic rings. The van der Waals surface area contributed by atoms with Gasteiger partial charge in [-0.2, -0.15) is 0 Å². The van der Waals surface area contributed by atoms with E-state index >= 15 is 0 Å². The molecule has 0 atom stereocenters. The van der Waals surface area contributed by atoms with Gasteiger partial charge in [0.25, 0.3) is 0 Å². The molecule has 0 bridgehead atoms. The van der Waals surface area contributed by atoms with Crippen LogP contribution in [-0.4, -0.2) is 22.8 Å². The molecule has 1 aromatic heterocycles. The molecular formula is C13H17N3O2S. The minimum absolute atomic E-state index is 0.126. The summed E-state index contributed by atoms with van der Waals surface area (Å²) in [6, 6.07) is 5.92. The van der Waals surface area contributed by atoms with Crippen LogP contribution >= 0.6 is 11.5 Å². The van der Waals surface area contributed by atoms with Gasteiger partial charge in [0.2, 0.25) is 0 Å². The van der Waals surface area contributed by atoms with Gasteiger partial charge in [-0.3, -0.25) is 0 Å². The first-order valence-corrected chi connectivity index (χ1v) is 6.81. The number of aromatic nitrogens is 2. The molecular weight excluding hydrogens is 262 g/mol. The number of hydrogen-bond donors (Lipinski definition) is 1. The molecule has 6 heteroatoms. The Labute approximate surface area is 116 Å². The van der Waals surface area contributed by atoms with Crippen molar-refractivity contribution >= 4 is 16.5 Å². The van der Waals surface area contributed by atoms with E-state index in [1.165, 1.54) is 11.5 Å². The molecule has 0 fully saturated rings. The molecule has 0 amide bonds. The lowest BCUT2D eigenvalue weighted by atomic mass is 10.2. The van der Waals surface area contributed by atoms with Gasteiger partial charge in [-0.1, -0.05) is 10.6 Å². The molecule has 102 valence electrons.